The molecule has 0 aliphatic carbocycles. The van der Waals surface area contributed by atoms with E-state index in [0.29, 0.717) is 0 Å². The van der Waals surface area contributed by atoms with Crippen LogP contribution in [-0.4, -0.2) is 27.2 Å². The molecule has 1 heterocycles. The molecule has 4 nitrogen and oxygen atoms in total. The normalized spacial score (nSPS) is 10.7. The van der Waals surface area contributed by atoms with Gasteiger partial charge in [-0.2, -0.15) is 5.10 Å². The molecule has 0 bridgehead atoms. The minimum absolute atomic E-state index is 0.262. The molecule has 0 aliphatic rings. The highest BCUT2D eigenvalue weighted by molar-refractivity contribution is 7.99. The number of nitrogens with one attached hydrogen (secondary N) is 1. The van der Waals surface area contributed by atoms with Crippen molar-refractivity contribution in [3.05, 3.63) is 42.2 Å². The SMILES string of the molecule is CCn1cc(CNc2ccc(SCCCO)cc2)cn1. The first-order chi connectivity index (χ1) is 9.81. The summed E-state index contributed by atoms with van der Waals surface area (Å²) in [6.07, 6.45) is 4.80. The average molecular weight is 291 g/mol. The lowest BCUT2D eigenvalue weighted by Crippen LogP contribution is -1.98. The zero-order chi connectivity index (χ0) is 14.2. The van der Waals surface area contributed by atoms with Crippen molar-refractivity contribution in [2.75, 3.05) is 17.7 Å². The number of aryl methyl sites for hydroxylation is 1. The van der Waals surface area contributed by atoms with Gasteiger partial charge in [0.05, 0.1) is 6.20 Å². The van der Waals surface area contributed by atoms with E-state index in [1.807, 2.05) is 10.9 Å². The van der Waals surface area contributed by atoms with Crippen molar-refractivity contribution in [1.82, 2.24) is 9.78 Å². The maximum Gasteiger partial charge on any atom is 0.0539 e. The summed E-state index contributed by atoms with van der Waals surface area (Å²) in [4.78, 5) is 1.24. The van der Waals surface area contributed by atoms with Gasteiger partial charge in [-0.25, -0.2) is 0 Å². The van der Waals surface area contributed by atoms with E-state index in [0.717, 1.165) is 31.0 Å². The molecule has 0 unspecified atom stereocenters. The zero-order valence-electron chi connectivity index (χ0n) is 11.7. The summed E-state index contributed by atoms with van der Waals surface area (Å²) in [5.41, 5.74) is 2.30. The fraction of sp³-hybridized carbons (Fsp3) is 0.400. The molecule has 0 spiro atoms. The number of nitrogens with zero attached hydrogens (tertiary/aromatic N) is 2. The topological polar surface area (TPSA) is 50.1 Å². The predicted molar refractivity (Wildman–Crippen MR) is 84.1 cm³/mol. The molecule has 0 amide bonds. The number of aliphatic hydroxyl groups excluding tert-OH is 1. The first kappa shape index (κ1) is 14.9. The van der Waals surface area contributed by atoms with Gasteiger partial charge in [0.15, 0.2) is 0 Å². The Hall–Kier alpha value is -1.46. The lowest BCUT2D eigenvalue weighted by Gasteiger charge is -2.06. The van der Waals surface area contributed by atoms with Gasteiger partial charge in [-0.05, 0) is 37.6 Å². The van der Waals surface area contributed by atoms with Crippen LogP contribution < -0.4 is 5.32 Å². The second-order valence-electron chi connectivity index (χ2n) is 4.51. The summed E-state index contributed by atoms with van der Waals surface area (Å²) < 4.78 is 1.93. The van der Waals surface area contributed by atoms with E-state index in [9.17, 15) is 0 Å². The Labute approximate surface area is 124 Å². The van der Waals surface area contributed by atoms with Crippen molar-refractivity contribution in [3.8, 4) is 0 Å². The molecule has 20 heavy (non-hydrogen) atoms. The number of hydrogen-bond acceptors (Lipinski definition) is 4. The summed E-state index contributed by atoms with van der Waals surface area (Å²) >= 11 is 1.77. The molecular formula is C15H21N3OS. The smallest absolute Gasteiger partial charge is 0.0539 e. The third-order valence-electron chi connectivity index (χ3n) is 2.93. The monoisotopic (exact) mass is 291 g/mol. The van der Waals surface area contributed by atoms with E-state index in [-0.39, 0.29) is 6.61 Å². The third-order valence-corrected chi connectivity index (χ3v) is 4.03. The summed E-state index contributed by atoms with van der Waals surface area (Å²) in [6, 6.07) is 8.40. The standard InChI is InChI=1S/C15H21N3OS/c1-2-18-12-13(11-17-18)10-16-14-4-6-15(7-5-14)20-9-3-8-19/h4-7,11-12,16,19H,2-3,8-10H2,1H3. The number of thioether (sulfide) groups is 1. The number of hydrogen-bond donors (Lipinski definition) is 2. The molecule has 108 valence electrons. The Balaban J connectivity index is 1.81. The van der Waals surface area contributed by atoms with Gasteiger partial charge in [-0.3, -0.25) is 4.68 Å². The molecule has 1 aromatic carbocycles. The molecule has 0 aliphatic heterocycles. The Bertz CT molecular complexity index is 510. The lowest BCUT2D eigenvalue weighted by molar-refractivity contribution is 0.296. The van der Waals surface area contributed by atoms with Gasteiger partial charge < -0.3 is 10.4 Å². The molecule has 0 radical (unpaired) electrons. The molecule has 0 saturated heterocycles. The fourth-order valence-corrected chi connectivity index (χ4v) is 2.64. The minimum atomic E-state index is 0.262. The lowest BCUT2D eigenvalue weighted by atomic mass is 10.3. The average Bonchev–Trinajstić information content (AvgIpc) is 2.95. The van der Waals surface area contributed by atoms with E-state index in [1.54, 1.807) is 11.8 Å². The van der Waals surface area contributed by atoms with Crippen LogP contribution in [0.2, 0.25) is 0 Å². The Kier molecular flexibility index (Phi) is 5.95. The zero-order valence-corrected chi connectivity index (χ0v) is 12.6. The minimum Gasteiger partial charge on any atom is -0.396 e. The van der Waals surface area contributed by atoms with Crippen LogP contribution in [-0.2, 0) is 13.1 Å². The van der Waals surface area contributed by atoms with Crippen LogP contribution in [0, 0.1) is 0 Å². The van der Waals surface area contributed by atoms with E-state index in [2.05, 4.69) is 47.8 Å². The summed E-state index contributed by atoms with van der Waals surface area (Å²) in [6.45, 7) is 4.03. The van der Waals surface area contributed by atoms with E-state index >= 15 is 0 Å². The van der Waals surface area contributed by atoms with E-state index in [1.165, 1.54) is 10.5 Å². The Morgan fingerprint density at radius 3 is 2.75 bits per heavy atom. The number of rotatable bonds is 8. The van der Waals surface area contributed by atoms with Crippen molar-refractivity contribution in [1.29, 1.82) is 0 Å². The molecule has 2 rings (SSSR count). The molecule has 1 aromatic heterocycles. The molecule has 2 N–H and O–H groups in total. The second-order valence-corrected chi connectivity index (χ2v) is 5.68. The predicted octanol–water partition coefficient (Wildman–Crippen LogP) is 2.99. The number of aromatic nitrogens is 2. The van der Waals surface area contributed by atoms with Crippen LogP contribution in [0.15, 0.2) is 41.6 Å². The first-order valence-corrected chi connectivity index (χ1v) is 7.89. The van der Waals surface area contributed by atoms with Crippen molar-refractivity contribution < 1.29 is 5.11 Å². The summed E-state index contributed by atoms with van der Waals surface area (Å²) in [7, 11) is 0. The highest BCUT2D eigenvalue weighted by Gasteiger charge is 1.99. The summed E-state index contributed by atoms with van der Waals surface area (Å²) in [5.74, 6) is 0.958. The van der Waals surface area contributed by atoms with Crippen LogP contribution in [0.25, 0.3) is 0 Å². The van der Waals surface area contributed by atoms with Gasteiger partial charge in [0.1, 0.15) is 0 Å². The molecule has 0 atom stereocenters. The van der Waals surface area contributed by atoms with E-state index < -0.39 is 0 Å². The largest absolute Gasteiger partial charge is 0.396 e. The van der Waals surface area contributed by atoms with Gasteiger partial charge in [0, 0.05) is 47.8 Å². The Morgan fingerprint density at radius 2 is 2.10 bits per heavy atom. The van der Waals surface area contributed by atoms with Crippen LogP contribution in [0.5, 0.6) is 0 Å². The molecule has 2 aromatic rings. The van der Waals surface area contributed by atoms with Crippen molar-refractivity contribution in [2.24, 2.45) is 0 Å². The second kappa shape index (κ2) is 7.97. The maximum absolute atomic E-state index is 8.76. The van der Waals surface area contributed by atoms with Crippen LogP contribution >= 0.6 is 11.8 Å². The van der Waals surface area contributed by atoms with Crippen molar-refractivity contribution >= 4 is 17.4 Å². The number of aliphatic hydroxyl groups is 1. The Morgan fingerprint density at radius 1 is 1.30 bits per heavy atom. The highest BCUT2D eigenvalue weighted by Crippen LogP contribution is 2.21. The number of benzene rings is 1. The maximum atomic E-state index is 8.76. The van der Waals surface area contributed by atoms with Gasteiger partial charge in [-0.1, -0.05) is 0 Å². The van der Waals surface area contributed by atoms with Crippen molar-refractivity contribution in [2.45, 2.75) is 31.3 Å². The van der Waals surface area contributed by atoms with Gasteiger partial charge in [0.25, 0.3) is 0 Å². The fourth-order valence-electron chi connectivity index (χ4n) is 1.80. The quantitative estimate of drug-likeness (QED) is 0.580. The molecule has 0 fully saturated rings. The van der Waals surface area contributed by atoms with E-state index in [4.69, 9.17) is 5.11 Å². The summed E-state index contributed by atoms with van der Waals surface area (Å²) in [5, 5.41) is 16.4. The van der Waals surface area contributed by atoms with Crippen LogP contribution in [0.3, 0.4) is 0 Å². The highest BCUT2D eigenvalue weighted by atomic mass is 32.2. The molecule has 5 heteroatoms. The van der Waals surface area contributed by atoms with Crippen LogP contribution in [0.1, 0.15) is 18.9 Å². The van der Waals surface area contributed by atoms with Crippen molar-refractivity contribution in [3.63, 3.8) is 0 Å². The van der Waals surface area contributed by atoms with Gasteiger partial charge >= 0.3 is 0 Å². The van der Waals surface area contributed by atoms with Gasteiger partial charge in [-0.15, -0.1) is 11.8 Å². The first-order valence-electron chi connectivity index (χ1n) is 6.90. The number of anilines is 1. The third kappa shape index (κ3) is 4.58. The molecule has 0 saturated carbocycles. The van der Waals surface area contributed by atoms with Gasteiger partial charge in [0.2, 0.25) is 0 Å². The van der Waals surface area contributed by atoms with Crippen LogP contribution in [0.4, 0.5) is 5.69 Å². The molecular weight excluding hydrogens is 270 g/mol.